The van der Waals surface area contributed by atoms with Crippen LogP contribution in [0.25, 0.3) is 0 Å². The Hall–Kier alpha value is -2.61. The van der Waals surface area contributed by atoms with Gasteiger partial charge in [0.15, 0.2) is 11.8 Å². The van der Waals surface area contributed by atoms with Crippen LogP contribution in [0.4, 0.5) is 0 Å². The van der Waals surface area contributed by atoms with Gasteiger partial charge in [0.2, 0.25) is 0 Å². The van der Waals surface area contributed by atoms with Gasteiger partial charge in [-0.05, 0) is 30.5 Å². The van der Waals surface area contributed by atoms with Crippen LogP contribution in [0.3, 0.4) is 0 Å². The number of methoxy groups -OCH3 is 1. The van der Waals surface area contributed by atoms with E-state index in [2.05, 4.69) is 51.3 Å². The number of benzene rings is 1. The number of nitrogens with zero attached hydrogens (tertiary/aromatic N) is 6. The zero-order valence-corrected chi connectivity index (χ0v) is 18.9. The fourth-order valence-corrected chi connectivity index (χ4v) is 3.59. The summed E-state index contributed by atoms with van der Waals surface area (Å²) in [5.41, 5.74) is 1.16. The summed E-state index contributed by atoms with van der Waals surface area (Å²) < 4.78 is 7.26. The van der Waals surface area contributed by atoms with Crippen molar-refractivity contribution in [1.29, 1.82) is 0 Å². The van der Waals surface area contributed by atoms with E-state index in [-0.39, 0.29) is 0 Å². The standard InChI is InChI=1S/C22H35N7O/c1-17(2)16-28-10-12-29(13-11-28)22(24-15-21-26-25-18(3)27(21)4)23-14-19-6-8-20(30-5)9-7-19/h6-9,17H,10-16H2,1-5H3,(H,23,24). The van der Waals surface area contributed by atoms with E-state index in [1.165, 1.54) is 0 Å². The number of nitrogens with one attached hydrogen (secondary N) is 1. The zero-order chi connectivity index (χ0) is 21.5. The van der Waals surface area contributed by atoms with Crippen molar-refractivity contribution >= 4 is 5.96 Å². The smallest absolute Gasteiger partial charge is 0.194 e. The van der Waals surface area contributed by atoms with Crippen molar-refractivity contribution in [3.8, 4) is 5.75 Å². The molecular formula is C22H35N7O. The van der Waals surface area contributed by atoms with Crippen LogP contribution >= 0.6 is 0 Å². The molecule has 0 aliphatic carbocycles. The molecule has 8 nitrogen and oxygen atoms in total. The van der Waals surface area contributed by atoms with E-state index in [1.54, 1.807) is 7.11 Å². The van der Waals surface area contributed by atoms with Crippen LogP contribution in [-0.2, 0) is 20.1 Å². The topological polar surface area (TPSA) is 70.8 Å². The number of aliphatic imine (C=N–C) groups is 1. The van der Waals surface area contributed by atoms with Gasteiger partial charge >= 0.3 is 0 Å². The first-order valence-electron chi connectivity index (χ1n) is 10.7. The number of ether oxygens (including phenoxy) is 1. The number of aryl methyl sites for hydroxylation is 1. The zero-order valence-electron chi connectivity index (χ0n) is 18.9. The highest BCUT2D eigenvalue weighted by atomic mass is 16.5. The van der Waals surface area contributed by atoms with Crippen LogP contribution in [0.1, 0.15) is 31.1 Å². The first kappa shape index (κ1) is 22.1. The predicted octanol–water partition coefficient (Wildman–Crippen LogP) is 2.05. The van der Waals surface area contributed by atoms with Crippen LogP contribution in [0.15, 0.2) is 29.3 Å². The summed E-state index contributed by atoms with van der Waals surface area (Å²) in [7, 11) is 3.67. The highest BCUT2D eigenvalue weighted by Crippen LogP contribution is 2.13. The SMILES string of the molecule is COc1ccc(CN=C(NCc2nnc(C)n2C)N2CCN(CC(C)C)CC2)cc1. The number of hydrogen-bond donors (Lipinski definition) is 1. The Morgan fingerprint density at radius 2 is 1.83 bits per heavy atom. The number of piperazine rings is 1. The lowest BCUT2D eigenvalue weighted by atomic mass is 10.2. The van der Waals surface area contributed by atoms with Gasteiger partial charge in [-0.15, -0.1) is 10.2 Å². The number of guanidine groups is 1. The number of hydrogen-bond acceptors (Lipinski definition) is 5. The second kappa shape index (κ2) is 10.4. The normalized spacial score (nSPS) is 15.7. The molecule has 1 aromatic carbocycles. The quantitative estimate of drug-likeness (QED) is 0.553. The molecule has 0 amide bonds. The van der Waals surface area contributed by atoms with E-state index in [4.69, 9.17) is 9.73 Å². The molecule has 0 unspecified atom stereocenters. The van der Waals surface area contributed by atoms with Gasteiger partial charge in [-0.3, -0.25) is 4.90 Å². The summed E-state index contributed by atoms with van der Waals surface area (Å²) in [5, 5.41) is 11.9. The van der Waals surface area contributed by atoms with Crippen molar-refractivity contribution in [2.75, 3.05) is 39.8 Å². The van der Waals surface area contributed by atoms with Gasteiger partial charge in [0, 0.05) is 39.8 Å². The Morgan fingerprint density at radius 3 is 2.40 bits per heavy atom. The summed E-state index contributed by atoms with van der Waals surface area (Å²) in [5.74, 6) is 4.29. The average molecular weight is 414 g/mol. The van der Waals surface area contributed by atoms with Crippen LogP contribution < -0.4 is 10.1 Å². The summed E-state index contributed by atoms with van der Waals surface area (Å²) in [6.45, 7) is 13.0. The van der Waals surface area contributed by atoms with E-state index in [0.29, 0.717) is 19.0 Å². The van der Waals surface area contributed by atoms with Crippen LogP contribution in [0.5, 0.6) is 5.75 Å². The van der Waals surface area contributed by atoms with Crippen LogP contribution in [0, 0.1) is 12.8 Å². The lowest BCUT2D eigenvalue weighted by Gasteiger charge is -2.37. The van der Waals surface area contributed by atoms with Crippen molar-refractivity contribution in [1.82, 2.24) is 29.9 Å². The largest absolute Gasteiger partial charge is 0.497 e. The van der Waals surface area contributed by atoms with Gasteiger partial charge in [0.25, 0.3) is 0 Å². The molecular weight excluding hydrogens is 378 g/mol. The molecule has 1 aliphatic heterocycles. The third kappa shape index (κ3) is 5.95. The lowest BCUT2D eigenvalue weighted by molar-refractivity contribution is 0.163. The van der Waals surface area contributed by atoms with E-state index in [9.17, 15) is 0 Å². The number of aromatic nitrogens is 3. The minimum atomic E-state index is 0.602. The fraction of sp³-hybridized carbons (Fsp3) is 0.591. The molecule has 3 rings (SSSR count). The molecule has 1 saturated heterocycles. The van der Waals surface area contributed by atoms with Gasteiger partial charge in [-0.1, -0.05) is 26.0 Å². The lowest BCUT2D eigenvalue weighted by Crippen LogP contribution is -2.53. The summed E-state index contributed by atoms with van der Waals surface area (Å²) in [6.07, 6.45) is 0. The fourth-order valence-electron chi connectivity index (χ4n) is 3.59. The Kier molecular flexibility index (Phi) is 7.68. The second-order valence-electron chi connectivity index (χ2n) is 8.25. The van der Waals surface area contributed by atoms with Gasteiger partial charge in [-0.2, -0.15) is 0 Å². The first-order chi connectivity index (χ1) is 14.5. The Morgan fingerprint density at radius 1 is 1.13 bits per heavy atom. The predicted molar refractivity (Wildman–Crippen MR) is 120 cm³/mol. The van der Waals surface area contributed by atoms with E-state index in [1.807, 2.05) is 30.7 Å². The summed E-state index contributed by atoms with van der Waals surface area (Å²) in [4.78, 5) is 9.81. The first-order valence-corrected chi connectivity index (χ1v) is 10.7. The van der Waals surface area contributed by atoms with E-state index >= 15 is 0 Å². The molecule has 164 valence electrons. The van der Waals surface area contributed by atoms with Gasteiger partial charge in [0.1, 0.15) is 11.6 Å². The third-order valence-electron chi connectivity index (χ3n) is 5.45. The maximum atomic E-state index is 5.25. The van der Waals surface area contributed by atoms with Crippen molar-refractivity contribution in [3.05, 3.63) is 41.5 Å². The van der Waals surface area contributed by atoms with E-state index in [0.717, 1.165) is 61.6 Å². The molecule has 0 spiro atoms. The molecule has 2 heterocycles. The van der Waals surface area contributed by atoms with Crippen LogP contribution in [0.2, 0.25) is 0 Å². The van der Waals surface area contributed by atoms with Crippen molar-refractivity contribution in [2.24, 2.45) is 18.0 Å². The molecule has 8 heteroatoms. The molecule has 0 bridgehead atoms. The van der Waals surface area contributed by atoms with Crippen molar-refractivity contribution in [2.45, 2.75) is 33.9 Å². The van der Waals surface area contributed by atoms with Crippen molar-refractivity contribution < 1.29 is 4.74 Å². The molecule has 0 radical (unpaired) electrons. The van der Waals surface area contributed by atoms with Crippen molar-refractivity contribution in [3.63, 3.8) is 0 Å². The average Bonchev–Trinajstić information content (AvgIpc) is 3.07. The minimum Gasteiger partial charge on any atom is -0.497 e. The van der Waals surface area contributed by atoms with Gasteiger partial charge in [0.05, 0.1) is 20.2 Å². The maximum absolute atomic E-state index is 5.25. The molecule has 0 atom stereocenters. The Labute approximate surface area is 179 Å². The Bertz CT molecular complexity index is 821. The molecule has 1 aromatic heterocycles. The third-order valence-corrected chi connectivity index (χ3v) is 5.45. The molecule has 1 N–H and O–H groups in total. The summed E-state index contributed by atoms with van der Waals surface area (Å²) >= 11 is 0. The van der Waals surface area contributed by atoms with E-state index < -0.39 is 0 Å². The Balaban J connectivity index is 1.68. The van der Waals surface area contributed by atoms with Gasteiger partial charge < -0.3 is 19.5 Å². The number of rotatable bonds is 7. The molecule has 2 aromatic rings. The maximum Gasteiger partial charge on any atom is 0.194 e. The summed E-state index contributed by atoms with van der Waals surface area (Å²) in [6, 6.07) is 8.08. The molecule has 0 saturated carbocycles. The highest BCUT2D eigenvalue weighted by Gasteiger charge is 2.20. The monoisotopic (exact) mass is 413 g/mol. The molecule has 1 aliphatic rings. The van der Waals surface area contributed by atoms with Crippen LogP contribution in [-0.4, -0.2) is 70.4 Å². The highest BCUT2D eigenvalue weighted by molar-refractivity contribution is 5.80. The molecule has 30 heavy (non-hydrogen) atoms. The second-order valence-corrected chi connectivity index (χ2v) is 8.25. The minimum absolute atomic E-state index is 0.602. The molecule has 1 fully saturated rings. The van der Waals surface area contributed by atoms with Gasteiger partial charge in [-0.25, -0.2) is 4.99 Å².